The minimum absolute atomic E-state index is 0.0408. The van der Waals surface area contributed by atoms with Gasteiger partial charge >= 0.3 is 12.0 Å². The van der Waals surface area contributed by atoms with Gasteiger partial charge in [-0.3, -0.25) is 15.1 Å². The Labute approximate surface area is 188 Å². The van der Waals surface area contributed by atoms with Gasteiger partial charge in [0.25, 0.3) is 10.0 Å². The Hall–Kier alpha value is -3.59. The number of nitrogens with one attached hydrogen (secondary N) is 2. The molecule has 0 fully saturated rings. The molecule has 0 saturated carbocycles. The molecule has 0 spiro atoms. The molecule has 0 aliphatic carbocycles. The lowest BCUT2D eigenvalue weighted by atomic mass is 10.1. The minimum Gasteiger partial charge on any atom is -0.481 e. The number of sulfonamides is 1. The molecule has 0 saturated heterocycles. The number of methoxy groups -OCH3 is 2. The van der Waals surface area contributed by atoms with Crippen LogP contribution in [0.1, 0.15) is 25.1 Å². The molecule has 0 bridgehead atoms. The van der Waals surface area contributed by atoms with Crippen LogP contribution < -0.4 is 19.5 Å². The Bertz CT molecular complexity index is 1080. The summed E-state index contributed by atoms with van der Waals surface area (Å²) >= 11 is 0. The molecule has 15 heteroatoms. The third-order valence-corrected chi connectivity index (χ3v) is 5.28. The zero-order valence-electron chi connectivity index (χ0n) is 17.8. The number of carbonyl (C=O) groups excluding carboxylic acids is 2. The summed E-state index contributed by atoms with van der Waals surface area (Å²) in [6, 6.07) is 2.37. The second kappa shape index (κ2) is 11.3. The Morgan fingerprint density at radius 2 is 1.85 bits per heavy atom. The molecule has 2 aromatic heterocycles. The number of halogens is 1. The molecule has 0 unspecified atom stereocenters. The second-order valence-electron chi connectivity index (χ2n) is 6.28. The lowest BCUT2D eigenvalue weighted by Gasteiger charge is -2.21. The molecule has 2 heterocycles. The highest BCUT2D eigenvalue weighted by atomic mass is 32.2. The predicted octanol–water partition coefficient (Wildman–Crippen LogP) is 0.724. The summed E-state index contributed by atoms with van der Waals surface area (Å²) in [4.78, 5) is 35.0. The van der Waals surface area contributed by atoms with Crippen molar-refractivity contribution in [3.05, 3.63) is 30.1 Å². The van der Waals surface area contributed by atoms with Gasteiger partial charge in [0.15, 0.2) is 6.10 Å². The van der Waals surface area contributed by atoms with Crippen LogP contribution in [0.4, 0.5) is 15.1 Å². The highest BCUT2D eigenvalue weighted by molar-refractivity contribution is 7.90. The Morgan fingerprint density at radius 3 is 2.39 bits per heavy atom. The zero-order valence-corrected chi connectivity index (χ0v) is 18.6. The van der Waals surface area contributed by atoms with Gasteiger partial charge in [0.1, 0.15) is 16.8 Å². The van der Waals surface area contributed by atoms with Crippen LogP contribution in [-0.2, 0) is 19.6 Å². The largest absolute Gasteiger partial charge is 0.481 e. The number of aliphatic hydroxyl groups is 1. The van der Waals surface area contributed by atoms with Crippen molar-refractivity contribution in [1.29, 1.82) is 0 Å². The summed E-state index contributed by atoms with van der Waals surface area (Å²) in [6.07, 6.45) is -2.82. The first-order valence-corrected chi connectivity index (χ1v) is 10.8. The van der Waals surface area contributed by atoms with Gasteiger partial charge in [-0.25, -0.2) is 22.3 Å². The van der Waals surface area contributed by atoms with Gasteiger partial charge in [-0.1, -0.05) is 0 Å². The van der Waals surface area contributed by atoms with Crippen LogP contribution in [0.25, 0.3) is 0 Å². The van der Waals surface area contributed by atoms with Crippen molar-refractivity contribution in [2.75, 3.05) is 26.1 Å². The summed E-state index contributed by atoms with van der Waals surface area (Å²) in [5, 5.41) is 11.0. The molecule has 3 N–H and O–H groups in total. The molecule has 0 radical (unpaired) electrons. The SMILES string of the molecule is COc1cc(OC)nc(NC(=O)NS(=O)(=O)c2cccnc2[C@@H](OC(=O)CCO)[C@H](C)F)n1. The Balaban J connectivity index is 2.30. The fourth-order valence-electron chi connectivity index (χ4n) is 2.48. The average Bonchev–Trinajstić information content (AvgIpc) is 2.76. The van der Waals surface area contributed by atoms with Gasteiger partial charge in [0.05, 0.1) is 33.3 Å². The molecule has 13 nitrogen and oxygen atoms in total. The smallest absolute Gasteiger partial charge is 0.335 e. The molecule has 0 aliphatic heterocycles. The Kier molecular flexibility index (Phi) is 8.81. The third kappa shape index (κ3) is 6.95. The summed E-state index contributed by atoms with van der Waals surface area (Å²) < 4.78 is 56.4. The van der Waals surface area contributed by atoms with Gasteiger partial charge in [-0.15, -0.1) is 0 Å². The zero-order chi connectivity index (χ0) is 24.6. The minimum atomic E-state index is -4.62. The number of esters is 1. The number of alkyl halides is 1. The number of hydrogen-bond donors (Lipinski definition) is 3. The monoisotopic (exact) mass is 487 g/mol. The van der Waals surface area contributed by atoms with E-state index >= 15 is 0 Å². The molecular weight excluding hydrogens is 465 g/mol. The molecule has 2 atom stereocenters. The van der Waals surface area contributed by atoms with E-state index in [-0.39, 0.29) is 17.7 Å². The van der Waals surface area contributed by atoms with E-state index in [4.69, 9.17) is 19.3 Å². The standard InChI is InChI=1S/C18H22FN5O8S/c1-10(19)16(32-14(26)6-8-25)15-11(5-4-7-20-15)33(28,29)24-18(27)23-17-21-12(30-2)9-13(22-17)31-3/h4-5,7,9-10,16,25H,6,8H2,1-3H3,(H2,21,22,23,24,27)/t10-,16-/m0/s1. The van der Waals surface area contributed by atoms with E-state index in [1.54, 1.807) is 4.72 Å². The van der Waals surface area contributed by atoms with Gasteiger partial charge < -0.3 is 19.3 Å². The molecular formula is C18H22FN5O8S. The quantitative estimate of drug-likeness (QED) is 0.402. The lowest BCUT2D eigenvalue weighted by molar-refractivity contribution is -0.153. The molecule has 0 aliphatic rings. The van der Waals surface area contributed by atoms with Crippen molar-refractivity contribution in [1.82, 2.24) is 19.7 Å². The van der Waals surface area contributed by atoms with Gasteiger partial charge in [-0.05, 0) is 19.1 Å². The van der Waals surface area contributed by atoms with E-state index < -0.39 is 57.9 Å². The number of urea groups is 1. The fourth-order valence-corrected chi connectivity index (χ4v) is 3.58. The molecule has 2 amide bonds. The van der Waals surface area contributed by atoms with E-state index in [0.717, 1.165) is 13.0 Å². The van der Waals surface area contributed by atoms with Crippen LogP contribution in [0.15, 0.2) is 29.3 Å². The van der Waals surface area contributed by atoms with Crippen molar-refractivity contribution in [3.63, 3.8) is 0 Å². The first kappa shape index (κ1) is 25.7. The number of amides is 2. The van der Waals surface area contributed by atoms with E-state index in [1.807, 2.05) is 0 Å². The van der Waals surface area contributed by atoms with E-state index in [2.05, 4.69) is 20.3 Å². The van der Waals surface area contributed by atoms with Crippen molar-refractivity contribution >= 4 is 28.0 Å². The maximum atomic E-state index is 14.2. The number of ether oxygens (including phenoxy) is 3. The first-order chi connectivity index (χ1) is 15.6. The molecule has 2 aromatic rings. The highest BCUT2D eigenvalue weighted by Gasteiger charge is 2.32. The van der Waals surface area contributed by atoms with Crippen molar-refractivity contribution in [2.45, 2.75) is 30.5 Å². The summed E-state index contributed by atoms with van der Waals surface area (Å²) in [5.41, 5.74) is -0.446. The van der Waals surface area contributed by atoms with E-state index in [0.29, 0.717) is 0 Å². The van der Waals surface area contributed by atoms with Crippen LogP contribution in [0.3, 0.4) is 0 Å². The van der Waals surface area contributed by atoms with Crippen molar-refractivity contribution < 1.29 is 41.7 Å². The number of hydrogen-bond acceptors (Lipinski definition) is 11. The summed E-state index contributed by atoms with van der Waals surface area (Å²) in [7, 11) is -1.99. The normalized spacial score (nSPS) is 12.9. The number of aromatic nitrogens is 3. The predicted molar refractivity (Wildman–Crippen MR) is 110 cm³/mol. The maximum Gasteiger partial charge on any atom is 0.335 e. The third-order valence-electron chi connectivity index (χ3n) is 3.90. The summed E-state index contributed by atoms with van der Waals surface area (Å²) in [5.74, 6) is -1.20. The number of pyridine rings is 1. The fraction of sp³-hybridized carbons (Fsp3) is 0.389. The topological polar surface area (TPSA) is 179 Å². The van der Waals surface area contributed by atoms with Crippen LogP contribution in [0, 0.1) is 0 Å². The first-order valence-electron chi connectivity index (χ1n) is 9.31. The van der Waals surface area contributed by atoms with Crippen LogP contribution >= 0.6 is 0 Å². The molecule has 0 aromatic carbocycles. The lowest BCUT2D eigenvalue weighted by Crippen LogP contribution is -2.36. The number of aliphatic hydroxyl groups excluding tert-OH is 1. The van der Waals surface area contributed by atoms with Gasteiger partial charge in [-0.2, -0.15) is 9.97 Å². The van der Waals surface area contributed by atoms with Crippen LogP contribution in [-0.4, -0.2) is 67.5 Å². The van der Waals surface area contributed by atoms with E-state index in [1.165, 1.54) is 32.5 Å². The molecule has 2 rings (SSSR count). The number of rotatable bonds is 10. The highest BCUT2D eigenvalue weighted by Crippen LogP contribution is 2.28. The van der Waals surface area contributed by atoms with Crippen LogP contribution in [0.5, 0.6) is 11.8 Å². The van der Waals surface area contributed by atoms with Gasteiger partial charge in [0, 0.05) is 6.20 Å². The Morgan fingerprint density at radius 1 is 1.21 bits per heavy atom. The second-order valence-corrected chi connectivity index (χ2v) is 7.94. The number of carbonyl (C=O) groups is 2. The summed E-state index contributed by atoms with van der Waals surface area (Å²) in [6.45, 7) is 0.494. The number of anilines is 1. The maximum absolute atomic E-state index is 14.2. The average molecular weight is 487 g/mol. The van der Waals surface area contributed by atoms with Crippen LogP contribution in [0.2, 0.25) is 0 Å². The van der Waals surface area contributed by atoms with Crippen molar-refractivity contribution in [3.8, 4) is 11.8 Å². The van der Waals surface area contributed by atoms with E-state index in [9.17, 15) is 22.4 Å². The molecule has 180 valence electrons. The molecule has 33 heavy (non-hydrogen) atoms. The van der Waals surface area contributed by atoms with Crippen molar-refractivity contribution in [2.24, 2.45) is 0 Å². The van der Waals surface area contributed by atoms with Gasteiger partial charge in [0.2, 0.25) is 17.7 Å². The number of nitrogens with zero attached hydrogens (tertiary/aromatic N) is 3.